The van der Waals surface area contributed by atoms with Crippen LogP contribution in [-0.4, -0.2) is 51.8 Å². The topological polar surface area (TPSA) is 73.7 Å². The first kappa shape index (κ1) is 17.1. The minimum Gasteiger partial charge on any atom is -0.394 e. The molecule has 1 aromatic carbocycles. The highest BCUT2D eigenvalue weighted by atomic mass is 32.1. The lowest BCUT2D eigenvalue weighted by Crippen LogP contribution is -2.42. The van der Waals surface area contributed by atoms with E-state index in [2.05, 4.69) is 4.98 Å². The van der Waals surface area contributed by atoms with Crippen molar-refractivity contribution in [2.45, 2.75) is 25.4 Å². The van der Waals surface area contributed by atoms with E-state index in [1.54, 1.807) is 11.3 Å². The molecule has 1 saturated heterocycles. The van der Waals surface area contributed by atoms with Gasteiger partial charge in [0.15, 0.2) is 0 Å². The van der Waals surface area contributed by atoms with E-state index in [1.807, 2.05) is 40.6 Å². The van der Waals surface area contributed by atoms with Gasteiger partial charge in [0.1, 0.15) is 5.01 Å². The summed E-state index contributed by atoms with van der Waals surface area (Å²) < 4.78 is 0. The van der Waals surface area contributed by atoms with Crippen LogP contribution in [0.4, 0.5) is 0 Å². The van der Waals surface area contributed by atoms with Gasteiger partial charge in [-0.05, 0) is 18.8 Å². The van der Waals surface area contributed by atoms with E-state index in [0.717, 1.165) is 29.1 Å². The summed E-state index contributed by atoms with van der Waals surface area (Å²) in [5.41, 5.74) is 1.88. The Bertz CT molecular complexity index is 666. The summed E-state index contributed by atoms with van der Waals surface area (Å²) in [4.78, 5) is 18.8. The van der Waals surface area contributed by atoms with E-state index in [0.29, 0.717) is 19.5 Å². The Morgan fingerprint density at radius 1 is 1.29 bits per heavy atom. The van der Waals surface area contributed by atoms with Gasteiger partial charge in [0.2, 0.25) is 5.91 Å². The summed E-state index contributed by atoms with van der Waals surface area (Å²) in [5.74, 6) is 0.167. The standard InChI is InChI=1S/C18H22N2O3S/c21-11-16(22)13-6-8-20(9-7-13)17(23)10-15-12-24-18(19-15)14-4-2-1-3-5-14/h1-5,12-13,16,21-22H,6-11H2. The first-order chi connectivity index (χ1) is 11.7. The number of hydrogen-bond acceptors (Lipinski definition) is 5. The highest BCUT2D eigenvalue weighted by Crippen LogP contribution is 2.25. The van der Waals surface area contributed by atoms with Crippen LogP contribution < -0.4 is 0 Å². The number of rotatable bonds is 5. The Labute approximate surface area is 145 Å². The van der Waals surface area contributed by atoms with E-state index in [4.69, 9.17) is 5.11 Å². The van der Waals surface area contributed by atoms with Crippen molar-refractivity contribution < 1.29 is 15.0 Å². The van der Waals surface area contributed by atoms with E-state index in [9.17, 15) is 9.90 Å². The van der Waals surface area contributed by atoms with Gasteiger partial charge >= 0.3 is 0 Å². The zero-order valence-corrected chi connectivity index (χ0v) is 14.3. The smallest absolute Gasteiger partial charge is 0.228 e. The maximum absolute atomic E-state index is 12.4. The second-order valence-electron chi connectivity index (χ2n) is 6.15. The number of aromatic nitrogens is 1. The number of likely N-dealkylation sites (tertiary alicyclic amines) is 1. The molecule has 0 bridgehead atoms. The molecular formula is C18H22N2O3S. The average molecular weight is 346 g/mol. The van der Waals surface area contributed by atoms with Crippen LogP contribution in [0.5, 0.6) is 0 Å². The third kappa shape index (κ3) is 4.01. The zero-order valence-electron chi connectivity index (χ0n) is 13.5. The molecule has 1 amide bonds. The van der Waals surface area contributed by atoms with Crippen LogP contribution in [0.3, 0.4) is 0 Å². The van der Waals surface area contributed by atoms with Gasteiger partial charge in [-0.25, -0.2) is 4.98 Å². The summed E-state index contributed by atoms with van der Waals surface area (Å²) in [7, 11) is 0. The van der Waals surface area contributed by atoms with E-state index < -0.39 is 6.10 Å². The van der Waals surface area contributed by atoms with Crippen molar-refractivity contribution in [2.75, 3.05) is 19.7 Å². The number of hydrogen-bond donors (Lipinski definition) is 2. The van der Waals surface area contributed by atoms with Crippen molar-refractivity contribution in [3.63, 3.8) is 0 Å². The maximum Gasteiger partial charge on any atom is 0.228 e. The van der Waals surface area contributed by atoms with Gasteiger partial charge in [0.25, 0.3) is 0 Å². The number of piperidine rings is 1. The third-order valence-electron chi connectivity index (χ3n) is 4.53. The molecular weight excluding hydrogens is 324 g/mol. The molecule has 0 spiro atoms. The predicted molar refractivity (Wildman–Crippen MR) is 93.7 cm³/mol. The fourth-order valence-electron chi connectivity index (χ4n) is 3.05. The molecule has 0 radical (unpaired) electrons. The minimum absolute atomic E-state index is 0.0804. The number of aliphatic hydroxyl groups excluding tert-OH is 2. The Morgan fingerprint density at radius 3 is 2.67 bits per heavy atom. The molecule has 5 nitrogen and oxygen atoms in total. The fourth-order valence-corrected chi connectivity index (χ4v) is 3.88. The molecule has 1 unspecified atom stereocenters. The summed E-state index contributed by atoms with van der Waals surface area (Å²) in [6, 6.07) is 9.96. The van der Waals surface area contributed by atoms with Gasteiger partial charge in [-0.2, -0.15) is 0 Å². The SMILES string of the molecule is O=C(Cc1csc(-c2ccccc2)n1)N1CCC(C(O)CO)CC1. The van der Waals surface area contributed by atoms with Crippen LogP contribution in [-0.2, 0) is 11.2 Å². The predicted octanol–water partition coefficient (Wildman–Crippen LogP) is 1.94. The molecule has 2 N–H and O–H groups in total. The lowest BCUT2D eigenvalue weighted by molar-refractivity contribution is -0.132. The second-order valence-corrected chi connectivity index (χ2v) is 7.01. The van der Waals surface area contributed by atoms with E-state index in [1.165, 1.54) is 0 Å². The van der Waals surface area contributed by atoms with Gasteiger partial charge in [-0.15, -0.1) is 11.3 Å². The molecule has 6 heteroatoms. The van der Waals surface area contributed by atoms with Crippen LogP contribution in [0.2, 0.25) is 0 Å². The molecule has 1 atom stereocenters. The Morgan fingerprint density at radius 2 is 2.00 bits per heavy atom. The highest BCUT2D eigenvalue weighted by Gasteiger charge is 2.27. The molecule has 0 aliphatic carbocycles. The highest BCUT2D eigenvalue weighted by molar-refractivity contribution is 7.13. The molecule has 3 rings (SSSR count). The molecule has 0 saturated carbocycles. The largest absolute Gasteiger partial charge is 0.394 e. The average Bonchev–Trinajstić information content (AvgIpc) is 3.10. The molecule has 2 aromatic rings. The van der Waals surface area contributed by atoms with E-state index in [-0.39, 0.29) is 18.4 Å². The van der Waals surface area contributed by atoms with Crippen molar-refractivity contribution in [3.05, 3.63) is 41.4 Å². The van der Waals surface area contributed by atoms with Gasteiger partial charge in [0.05, 0.1) is 24.8 Å². The number of aliphatic hydroxyl groups is 2. The first-order valence-corrected chi connectivity index (χ1v) is 9.12. The molecule has 1 fully saturated rings. The van der Waals surface area contributed by atoms with Gasteiger partial charge in [-0.1, -0.05) is 30.3 Å². The summed E-state index contributed by atoms with van der Waals surface area (Å²) in [5, 5.41) is 21.6. The Balaban J connectivity index is 1.55. The van der Waals surface area contributed by atoms with Crippen molar-refractivity contribution in [1.29, 1.82) is 0 Å². The number of benzene rings is 1. The number of nitrogens with zero attached hydrogens (tertiary/aromatic N) is 2. The lowest BCUT2D eigenvalue weighted by atomic mass is 9.91. The molecule has 1 aliphatic heterocycles. The first-order valence-electron chi connectivity index (χ1n) is 8.24. The zero-order chi connectivity index (χ0) is 16.9. The van der Waals surface area contributed by atoms with Crippen molar-refractivity contribution in [3.8, 4) is 10.6 Å². The minimum atomic E-state index is -0.672. The quantitative estimate of drug-likeness (QED) is 0.868. The Hall–Kier alpha value is -1.76. The van der Waals surface area contributed by atoms with Crippen molar-refractivity contribution in [2.24, 2.45) is 5.92 Å². The normalized spacial score (nSPS) is 17.0. The lowest BCUT2D eigenvalue weighted by Gasteiger charge is -2.33. The summed E-state index contributed by atoms with van der Waals surface area (Å²) in [6.07, 6.45) is 1.12. The molecule has 2 heterocycles. The molecule has 24 heavy (non-hydrogen) atoms. The van der Waals surface area contributed by atoms with E-state index >= 15 is 0 Å². The number of carbonyl (C=O) groups excluding carboxylic acids is 1. The van der Waals surface area contributed by atoms with Crippen LogP contribution >= 0.6 is 11.3 Å². The second kappa shape index (κ2) is 7.88. The third-order valence-corrected chi connectivity index (χ3v) is 5.47. The van der Waals surface area contributed by atoms with Crippen molar-refractivity contribution in [1.82, 2.24) is 9.88 Å². The van der Waals surface area contributed by atoms with Crippen LogP contribution in [0.25, 0.3) is 10.6 Å². The number of carbonyl (C=O) groups is 1. The molecule has 128 valence electrons. The monoisotopic (exact) mass is 346 g/mol. The summed E-state index contributed by atoms with van der Waals surface area (Å²) >= 11 is 1.56. The van der Waals surface area contributed by atoms with Crippen molar-refractivity contribution >= 4 is 17.2 Å². The molecule has 1 aliphatic rings. The van der Waals surface area contributed by atoms with Crippen LogP contribution in [0.15, 0.2) is 35.7 Å². The fraction of sp³-hybridized carbons (Fsp3) is 0.444. The molecule has 1 aromatic heterocycles. The Kier molecular flexibility index (Phi) is 5.60. The van der Waals surface area contributed by atoms with Gasteiger partial charge in [-0.3, -0.25) is 4.79 Å². The number of amides is 1. The summed E-state index contributed by atoms with van der Waals surface area (Å²) in [6.45, 7) is 1.06. The van der Waals surface area contributed by atoms with Gasteiger partial charge in [0, 0.05) is 24.0 Å². The van der Waals surface area contributed by atoms with Crippen LogP contribution in [0, 0.1) is 5.92 Å². The van der Waals surface area contributed by atoms with Crippen LogP contribution in [0.1, 0.15) is 18.5 Å². The number of thiazole rings is 1. The maximum atomic E-state index is 12.4. The van der Waals surface area contributed by atoms with Gasteiger partial charge < -0.3 is 15.1 Å².